The lowest BCUT2D eigenvalue weighted by Crippen LogP contribution is -2.31. The van der Waals surface area contributed by atoms with Crippen molar-refractivity contribution < 1.29 is 9.13 Å². The first-order chi connectivity index (χ1) is 9.27. The van der Waals surface area contributed by atoms with E-state index in [0.29, 0.717) is 17.2 Å². The molecule has 1 aromatic carbocycles. The van der Waals surface area contributed by atoms with Gasteiger partial charge in [-0.15, -0.1) is 0 Å². The van der Waals surface area contributed by atoms with Crippen molar-refractivity contribution in [1.82, 2.24) is 5.43 Å². The predicted octanol–water partition coefficient (Wildman–Crippen LogP) is 2.77. The van der Waals surface area contributed by atoms with Crippen LogP contribution in [0.5, 0.6) is 5.75 Å². The monoisotopic (exact) mass is 264 g/mol. The fourth-order valence-electron chi connectivity index (χ4n) is 3.88. The molecule has 4 heteroatoms. The average molecular weight is 264 g/mol. The molecule has 2 aliphatic rings. The Morgan fingerprint density at radius 3 is 2.58 bits per heavy atom. The fourth-order valence-corrected chi connectivity index (χ4v) is 3.88. The molecule has 0 heterocycles. The lowest BCUT2D eigenvalue weighted by atomic mass is 9.99. The third kappa shape index (κ3) is 2.13. The number of benzene rings is 1. The maximum Gasteiger partial charge on any atom is 0.169 e. The molecule has 104 valence electrons. The van der Waals surface area contributed by atoms with Gasteiger partial charge in [-0.05, 0) is 36.7 Å². The highest BCUT2D eigenvalue weighted by Gasteiger charge is 2.54. The molecule has 0 bridgehead atoms. The zero-order valence-corrected chi connectivity index (χ0v) is 11.2. The summed E-state index contributed by atoms with van der Waals surface area (Å²) >= 11 is 0. The van der Waals surface area contributed by atoms with E-state index < -0.39 is 0 Å². The Kier molecular flexibility index (Phi) is 3.46. The van der Waals surface area contributed by atoms with Crippen molar-refractivity contribution in [3.63, 3.8) is 0 Å². The quantitative estimate of drug-likeness (QED) is 0.649. The zero-order chi connectivity index (χ0) is 13.4. The van der Waals surface area contributed by atoms with Crippen molar-refractivity contribution in [2.24, 2.45) is 23.6 Å². The molecule has 0 aromatic heterocycles. The Morgan fingerprint density at radius 1 is 1.32 bits per heavy atom. The summed E-state index contributed by atoms with van der Waals surface area (Å²) in [6, 6.07) is 5.19. The summed E-state index contributed by atoms with van der Waals surface area (Å²) in [6.07, 6.45) is 5.13. The van der Waals surface area contributed by atoms with Crippen LogP contribution in [0.25, 0.3) is 0 Å². The molecule has 0 radical (unpaired) electrons. The van der Waals surface area contributed by atoms with E-state index in [-0.39, 0.29) is 11.9 Å². The fraction of sp³-hybridized carbons (Fsp3) is 0.600. The van der Waals surface area contributed by atoms with E-state index in [9.17, 15) is 4.39 Å². The Bertz CT molecular complexity index is 453. The second-order valence-electron chi connectivity index (χ2n) is 5.70. The standard InChI is InChI=1S/C15H21FN2O/c1-19-12-8-4-7-11(14(12)16)15(18-17)13-9-5-2-3-6-10(9)13/h4,7-10,13,15,18H,2-3,5-6,17H2,1H3. The third-order valence-corrected chi connectivity index (χ3v) is 4.84. The molecule has 3 rings (SSSR count). The molecule has 3 nitrogen and oxygen atoms in total. The van der Waals surface area contributed by atoms with Gasteiger partial charge in [0.1, 0.15) is 0 Å². The Morgan fingerprint density at radius 2 is 2.00 bits per heavy atom. The SMILES string of the molecule is COc1cccc(C(NN)C2C3CCCCC32)c1F. The van der Waals surface area contributed by atoms with Crippen LogP contribution in [0.3, 0.4) is 0 Å². The Labute approximate surface area is 113 Å². The van der Waals surface area contributed by atoms with Crippen LogP contribution in [0.2, 0.25) is 0 Å². The van der Waals surface area contributed by atoms with Crippen molar-refractivity contribution in [3.8, 4) is 5.75 Å². The van der Waals surface area contributed by atoms with Crippen LogP contribution >= 0.6 is 0 Å². The lowest BCUT2D eigenvalue weighted by Gasteiger charge is -2.18. The highest BCUT2D eigenvalue weighted by atomic mass is 19.1. The first-order valence-corrected chi connectivity index (χ1v) is 7.06. The third-order valence-electron chi connectivity index (χ3n) is 4.84. The summed E-state index contributed by atoms with van der Waals surface area (Å²) in [5.41, 5.74) is 3.47. The summed E-state index contributed by atoms with van der Waals surface area (Å²) in [7, 11) is 1.49. The summed E-state index contributed by atoms with van der Waals surface area (Å²) in [4.78, 5) is 0. The number of halogens is 1. The van der Waals surface area contributed by atoms with Crippen LogP contribution in [-0.4, -0.2) is 7.11 Å². The predicted molar refractivity (Wildman–Crippen MR) is 72.0 cm³/mol. The minimum Gasteiger partial charge on any atom is -0.494 e. The topological polar surface area (TPSA) is 47.3 Å². The maximum absolute atomic E-state index is 14.4. The Balaban J connectivity index is 1.87. The van der Waals surface area contributed by atoms with Gasteiger partial charge in [0.25, 0.3) is 0 Å². The molecular weight excluding hydrogens is 243 g/mol. The number of hydrogen-bond acceptors (Lipinski definition) is 3. The number of fused-ring (bicyclic) bond motifs is 1. The van der Waals surface area contributed by atoms with E-state index >= 15 is 0 Å². The molecule has 0 aliphatic heterocycles. The van der Waals surface area contributed by atoms with Gasteiger partial charge in [0.2, 0.25) is 0 Å². The second kappa shape index (κ2) is 5.10. The largest absolute Gasteiger partial charge is 0.494 e. The van der Waals surface area contributed by atoms with E-state index in [1.807, 2.05) is 12.1 Å². The second-order valence-corrected chi connectivity index (χ2v) is 5.70. The Hall–Kier alpha value is -1.13. The van der Waals surface area contributed by atoms with Gasteiger partial charge in [-0.25, -0.2) is 4.39 Å². The summed E-state index contributed by atoms with van der Waals surface area (Å²) in [5, 5.41) is 0. The minimum atomic E-state index is -0.281. The normalized spacial score (nSPS) is 30.6. The summed E-state index contributed by atoms with van der Waals surface area (Å²) in [5.74, 6) is 7.64. The molecule has 0 spiro atoms. The smallest absolute Gasteiger partial charge is 0.169 e. The van der Waals surface area contributed by atoms with Gasteiger partial charge in [-0.1, -0.05) is 25.0 Å². The number of nitrogens with two attached hydrogens (primary N) is 1. The van der Waals surface area contributed by atoms with Crippen LogP contribution in [0.4, 0.5) is 4.39 Å². The minimum absolute atomic E-state index is 0.0943. The highest BCUT2D eigenvalue weighted by Crippen LogP contribution is 2.60. The molecule has 0 amide bonds. The van der Waals surface area contributed by atoms with Crippen LogP contribution in [0, 0.1) is 23.6 Å². The van der Waals surface area contributed by atoms with Crippen molar-refractivity contribution >= 4 is 0 Å². The van der Waals surface area contributed by atoms with E-state index in [2.05, 4.69) is 5.43 Å². The van der Waals surface area contributed by atoms with Gasteiger partial charge in [-0.3, -0.25) is 11.3 Å². The van der Waals surface area contributed by atoms with Gasteiger partial charge in [-0.2, -0.15) is 0 Å². The van der Waals surface area contributed by atoms with E-state index in [1.165, 1.54) is 32.8 Å². The lowest BCUT2D eigenvalue weighted by molar-refractivity contribution is 0.372. The molecule has 19 heavy (non-hydrogen) atoms. The van der Waals surface area contributed by atoms with E-state index in [4.69, 9.17) is 10.6 Å². The molecule has 3 N–H and O–H groups in total. The van der Waals surface area contributed by atoms with Gasteiger partial charge >= 0.3 is 0 Å². The van der Waals surface area contributed by atoms with Crippen molar-refractivity contribution in [2.75, 3.05) is 7.11 Å². The van der Waals surface area contributed by atoms with Crippen LogP contribution in [-0.2, 0) is 0 Å². The number of ether oxygens (including phenoxy) is 1. The van der Waals surface area contributed by atoms with Gasteiger partial charge in [0, 0.05) is 5.56 Å². The first-order valence-electron chi connectivity index (χ1n) is 7.06. The molecule has 1 aromatic rings. The molecule has 2 aliphatic carbocycles. The molecule has 2 fully saturated rings. The van der Waals surface area contributed by atoms with E-state index in [0.717, 1.165) is 11.8 Å². The number of rotatable bonds is 4. The van der Waals surface area contributed by atoms with Gasteiger partial charge in [0.05, 0.1) is 13.2 Å². The first kappa shape index (κ1) is 12.9. The average Bonchev–Trinajstić information content (AvgIpc) is 3.16. The highest BCUT2D eigenvalue weighted by molar-refractivity contribution is 5.34. The maximum atomic E-state index is 14.4. The van der Waals surface area contributed by atoms with Crippen molar-refractivity contribution in [2.45, 2.75) is 31.7 Å². The number of hydrogen-bond donors (Lipinski definition) is 2. The van der Waals surface area contributed by atoms with Gasteiger partial charge < -0.3 is 4.74 Å². The molecule has 3 atom stereocenters. The van der Waals surface area contributed by atoms with Crippen LogP contribution < -0.4 is 16.0 Å². The van der Waals surface area contributed by atoms with Gasteiger partial charge in [0.15, 0.2) is 11.6 Å². The van der Waals surface area contributed by atoms with Crippen molar-refractivity contribution in [1.29, 1.82) is 0 Å². The van der Waals surface area contributed by atoms with Crippen LogP contribution in [0.1, 0.15) is 37.3 Å². The molecular formula is C15H21FN2O. The summed E-state index contributed by atoms with van der Waals surface area (Å²) in [6.45, 7) is 0. The number of methoxy groups -OCH3 is 1. The van der Waals surface area contributed by atoms with E-state index in [1.54, 1.807) is 6.07 Å². The summed E-state index contributed by atoms with van der Waals surface area (Å²) < 4.78 is 19.4. The molecule has 2 saturated carbocycles. The number of nitrogens with one attached hydrogen (secondary N) is 1. The molecule has 0 saturated heterocycles. The zero-order valence-electron chi connectivity index (χ0n) is 11.2. The molecule has 3 unspecified atom stereocenters. The van der Waals surface area contributed by atoms with Crippen molar-refractivity contribution in [3.05, 3.63) is 29.6 Å². The number of hydrazine groups is 1. The van der Waals surface area contributed by atoms with Crippen LogP contribution in [0.15, 0.2) is 18.2 Å².